The Bertz CT molecular complexity index is 748. The zero-order valence-electron chi connectivity index (χ0n) is 11.3. The lowest BCUT2D eigenvalue weighted by Crippen LogP contribution is -1.92. The van der Waals surface area contributed by atoms with Crippen LogP contribution in [0.25, 0.3) is 10.9 Å². The van der Waals surface area contributed by atoms with Crippen molar-refractivity contribution in [2.75, 3.05) is 5.73 Å². The Balaban J connectivity index is 1.89. The van der Waals surface area contributed by atoms with E-state index >= 15 is 0 Å². The number of pyridine rings is 1. The lowest BCUT2D eigenvalue weighted by Gasteiger charge is -2.09. The molecule has 0 aliphatic rings. The van der Waals surface area contributed by atoms with E-state index in [-0.39, 0.29) is 0 Å². The van der Waals surface area contributed by atoms with Gasteiger partial charge in [0.1, 0.15) is 0 Å². The minimum absolute atomic E-state index is 0.853. The fraction of sp³-hybridized carbons (Fsp3) is 0.118. The molecule has 0 spiro atoms. The highest BCUT2D eigenvalue weighted by molar-refractivity contribution is 7.98. The first-order valence-electron chi connectivity index (χ1n) is 6.56. The Morgan fingerprint density at radius 1 is 1.05 bits per heavy atom. The van der Waals surface area contributed by atoms with Gasteiger partial charge in [-0.05, 0) is 36.2 Å². The molecule has 100 valence electrons. The van der Waals surface area contributed by atoms with Gasteiger partial charge in [-0.2, -0.15) is 0 Å². The van der Waals surface area contributed by atoms with Gasteiger partial charge in [-0.25, -0.2) is 0 Å². The molecule has 3 aromatic rings. The third kappa shape index (κ3) is 2.49. The fourth-order valence-electron chi connectivity index (χ4n) is 2.23. The number of benzene rings is 2. The molecular weight excluding hydrogens is 264 g/mol. The van der Waals surface area contributed by atoms with Crippen molar-refractivity contribution in [1.82, 2.24) is 4.98 Å². The van der Waals surface area contributed by atoms with E-state index in [4.69, 9.17) is 5.73 Å². The number of thioether (sulfide) groups is 1. The third-order valence-corrected chi connectivity index (χ3v) is 4.63. The number of rotatable bonds is 3. The first-order valence-corrected chi connectivity index (χ1v) is 7.55. The predicted octanol–water partition coefficient (Wildman–Crippen LogP) is 4.42. The van der Waals surface area contributed by atoms with E-state index in [1.807, 2.05) is 36.2 Å². The van der Waals surface area contributed by atoms with Gasteiger partial charge in [0, 0.05) is 27.9 Å². The normalized spacial score (nSPS) is 10.8. The first-order chi connectivity index (χ1) is 9.75. The maximum Gasteiger partial charge on any atom is 0.0742 e. The van der Waals surface area contributed by atoms with E-state index in [1.165, 1.54) is 15.8 Å². The predicted molar refractivity (Wildman–Crippen MR) is 86.9 cm³/mol. The van der Waals surface area contributed by atoms with Gasteiger partial charge < -0.3 is 5.73 Å². The van der Waals surface area contributed by atoms with Crippen LogP contribution in [0, 0.1) is 6.92 Å². The molecule has 3 rings (SSSR count). The summed E-state index contributed by atoms with van der Waals surface area (Å²) in [5, 5.41) is 1.19. The summed E-state index contributed by atoms with van der Waals surface area (Å²) in [5.41, 5.74) is 10.3. The van der Waals surface area contributed by atoms with Crippen LogP contribution in [0.2, 0.25) is 0 Å². The van der Waals surface area contributed by atoms with E-state index in [9.17, 15) is 0 Å². The van der Waals surface area contributed by atoms with Crippen LogP contribution in [0.15, 0.2) is 59.6 Å². The molecule has 0 atom stereocenters. The second kappa shape index (κ2) is 5.55. The highest BCUT2D eigenvalue weighted by atomic mass is 32.2. The number of aromatic nitrogens is 1. The summed E-state index contributed by atoms with van der Waals surface area (Å²) in [6, 6.07) is 16.5. The molecule has 0 fully saturated rings. The van der Waals surface area contributed by atoms with Crippen molar-refractivity contribution < 1.29 is 0 Å². The van der Waals surface area contributed by atoms with Crippen molar-refractivity contribution in [2.45, 2.75) is 17.6 Å². The number of nitrogens with two attached hydrogens (primary N) is 1. The summed E-state index contributed by atoms with van der Waals surface area (Å²) in [7, 11) is 0. The molecule has 2 nitrogen and oxygen atoms in total. The highest BCUT2D eigenvalue weighted by Gasteiger charge is 2.05. The topological polar surface area (TPSA) is 38.9 Å². The molecule has 0 aliphatic carbocycles. The molecular formula is C17H16N2S. The minimum Gasteiger partial charge on any atom is -0.398 e. The summed E-state index contributed by atoms with van der Waals surface area (Å²) in [4.78, 5) is 5.73. The summed E-state index contributed by atoms with van der Waals surface area (Å²) >= 11 is 1.81. The zero-order chi connectivity index (χ0) is 13.9. The summed E-state index contributed by atoms with van der Waals surface area (Å²) < 4.78 is 0. The molecule has 1 heterocycles. The van der Waals surface area contributed by atoms with Gasteiger partial charge in [0.2, 0.25) is 0 Å². The molecule has 20 heavy (non-hydrogen) atoms. The average molecular weight is 280 g/mol. The quantitative estimate of drug-likeness (QED) is 0.570. The van der Waals surface area contributed by atoms with E-state index in [2.05, 4.69) is 42.2 Å². The molecule has 2 N–H and O–H groups in total. The molecule has 3 heteroatoms. The van der Waals surface area contributed by atoms with Crippen LogP contribution < -0.4 is 5.73 Å². The molecule has 0 saturated carbocycles. The van der Waals surface area contributed by atoms with Gasteiger partial charge in [-0.3, -0.25) is 4.98 Å². The summed E-state index contributed by atoms with van der Waals surface area (Å²) in [6.07, 6.45) is 1.85. The van der Waals surface area contributed by atoms with Gasteiger partial charge in [-0.1, -0.05) is 30.3 Å². The Labute approximate surface area is 123 Å². The molecule has 0 aliphatic heterocycles. The third-order valence-electron chi connectivity index (χ3n) is 3.43. The van der Waals surface area contributed by atoms with Crippen molar-refractivity contribution >= 4 is 28.4 Å². The Morgan fingerprint density at radius 2 is 1.85 bits per heavy atom. The minimum atomic E-state index is 0.853. The van der Waals surface area contributed by atoms with Crippen molar-refractivity contribution in [1.29, 1.82) is 0 Å². The SMILES string of the molecule is Cc1c(N)cccc1SCc1cccc2cccnc12. The lowest BCUT2D eigenvalue weighted by atomic mass is 10.1. The maximum absolute atomic E-state index is 5.95. The molecule has 0 saturated heterocycles. The summed E-state index contributed by atoms with van der Waals surface area (Å²) in [5.74, 6) is 0.901. The molecule has 0 bridgehead atoms. The van der Waals surface area contributed by atoms with Gasteiger partial charge >= 0.3 is 0 Å². The Morgan fingerprint density at radius 3 is 2.75 bits per heavy atom. The lowest BCUT2D eigenvalue weighted by molar-refractivity contribution is 1.29. The Hall–Kier alpha value is -2.00. The second-order valence-electron chi connectivity index (χ2n) is 4.75. The number of fused-ring (bicyclic) bond motifs is 1. The first kappa shape index (κ1) is 13.0. The fourth-order valence-corrected chi connectivity index (χ4v) is 3.28. The highest BCUT2D eigenvalue weighted by Crippen LogP contribution is 2.30. The number of nitrogens with zero attached hydrogens (tertiary/aromatic N) is 1. The van der Waals surface area contributed by atoms with Crippen LogP contribution in [-0.4, -0.2) is 4.98 Å². The van der Waals surface area contributed by atoms with Crippen LogP contribution in [0.1, 0.15) is 11.1 Å². The van der Waals surface area contributed by atoms with Crippen LogP contribution in [-0.2, 0) is 5.75 Å². The van der Waals surface area contributed by atoms with E-state index in [1.54, 1.807) is 0 Å². The molecule has 0 radical (unpaired) electrons. The second-order valence-corrected chi connectivity index (χ2v) is 5.77. The number of hydrogen-bond acceptors (Lipinski definition) is 3. The van der Waals surface area contributed by atoms with Gasteiger partial charge in [0.15, 0.2) is 0 Å². The van der Waals surface area contributed by atoms with Crippen LogP contribution in [0.5, 0.6) is 0 Å². The standard InChI is InChI=1S/C17H16N2S/c1-12-15(18)8-3-9-16(12)20-11-14-6-2-5-13-7-4-10-19-17(13)14/h2-10H,11,18H2,1H3. The van der Waals surface area contributed by atoms with E-state index in [0.29, 0.717) is 0 Å². The van der Waals surface area contributed by atoms with Crippen molar-refractivity contribution in [3.63, 3.8) is 0 Å². The number of para-hydroxylation sites is 1. The van der Waals surface area contributed by atoms with Gasteiger partial charge in [-0.15, -0.1) is 11.8 Å². The maximum atomic E-state index is 5.95. The molecule has 0 amide bonds. The van der Waals surface area contributed by atoms with E-state index < -0.39 is 0 Å². The molecule has 0 unspecified atom stereocenters. The van der Waals surface area contributed by atoms with Crippen molar-refractivity contribution in [3.05, 3.63) is 65.9 Å². The largest absolute Gasteiger partial charge is 0.398 e. The van der Waals surface area contributed by atoms with Gasteiger partial charge in [0.05, 0.1) is 5.52 Å². The zero-order valence-corrected chi connectivity index (χ0v) is 12.2. The number of anilines is 1. The molecule has 1 aromatic heterocycles. The van der Waals surface area contributed by atoms with Crippen LogP contribution in [0.4, 0.5) is 5.69 Å². The Kier molecular flexibility index (Phi) is 3.61. The van der Waals surface area contributed by atoms with Crippen LogP contribution in [0.3, 0.4) is 0 Å². The number of hydrogen-bond donors (Lipinski definition) is 1. The van der Waals surface area contributed by atoms with Crippen LogP contribution >= 0.6 is 11.8 Å². The van der Waals surface area contributed by atoms with E-state index in [0.717, 1.165) is 22.5 Å². The van der Waals surface area contributed by atoms with Crippen molar-refractivity contribution in [3.8, 4) is 0 Å². The average Bonchev–Trinajstić information content (AvgIpc) is 2.49. The molecule has 2 aromatic carbocycles. The van der Waals surface area contributed by atoms with Gasteiger partial charge in [0.25, 0.3) is 0 Å². The monoisotopic (exact) mass is 280 g/mol. The summed E-state index contributed by atoms with van der Waals surface area (Å²) in [6.45, 7) is 2.07. The smallest absolute Gasteiger partial charge is 0.0742 e. The van der Waals surface area contributed by atoms with Crippen molar-refractivity contribution in [2.24, 2.45) is 0 Å². The number of nitrogen functional groups attached to an aromatic ring is 1.